The maximum absolute atomic E-state index is 12.4. The van der Waals surface area contributed by atoms with Crippen LogP contribution in [0.3, 0.4) is 0 Å². The number of thioether (sulfide) groups is 1. The lowest BCUT2D eigenvalue weighted by atomic mass is 10.2. The van der Waals surface area contributed by atoms with Gasteiger partial charge in [0.25, 0.3) is 0 Å². The van der Waals surface area contributed by atoms with E-state index in [0.717, 1.165) is 32.7 Å². The minimum absolute atomic E-state index is 0.258. The van der Waals surface area contributed by atoms with Gasteiger partial charge in [0.1, 0.15) is 0 Å². The summed E-state index contributed by atoms with van der Waals surface area (Å²) in [5.41, 5.74) is 1.24. The predicted octanol–water partition coefficient (Wildman–Crippen LogP) is 3.49. The fourth-order valence-corrected chi connectivity index (χ4v) is 4.41. The molecule has 0 radical (unpaired) electrons. The summed E-state index contributed by atoms with van der Waals surface area (Å²) < 4.78 is 0. The van der Waals surface area contributed by atoms with Crippen LogP contribution in [0.15, 0.2) is 46.7 Å². The van der Waals surface area contributed by atoms with Gasteiger partial charge in [-0.1, -0.05) is 24.3 Å². The summed E-state index contributed by atoms with van der Waals surface area (Å²) in [5, 5.41) is 2.12. The molecule has 3 rings (SSSR count). The molecule has 1 aliphatic rings. The third-order valence-electron chi connectivity index (χ3n) is 4.13. The average molecular weight is 347 g/mol. The van der Waals surface area contributed by atoms with E-state index in [2.05, 4.69) is 41.5 Å². The van der Waals surface area contributed by atoms with Crippen LogP contribution in [0.5, 0.6) is 0 Å². The summed E-state index contributed by atoms with van der Waals surface area (Å²) in [6.45, 7) is 6.74. The molecule has 1 fully saturated rings. The molecular formula is C18H22N2OS2. The first kappa shape index (κ1) is 16.6. The monoisotopic (exact) mass is 346 g/mol. The van der Waals surface area contributed by atoms with E-state index in [4.69, 9.17) is 0 Å². The highest BCUT2D eigenvalue weighted by Gasteiger charge is 2.21. The molecule has 2 aromatic rings. The van der Waals surface area contributed by atoms with Gasteiger partial charge in [-0.25, -0.2) is 0 Å². The van der Waals surface area contributed by atoms with Crippen LogP contribution >= 0.6 is 23.1 Å². The highest BCUT2D eigenvalue weighted by atomic mass is 32.2. The van der Waals surface area contributed by atoms with Gasteiger partial charge >= 0.3 is 0 Å². The Bertz CT molecular complexity index is 634. The molecule has 1 aromatic carbocycles. The van der Waals surface area contributed by atoms with Gasteiger partial charge in [0.2, 0.25) is 5.91 Å². The molecule has 23 heavy (non-hydrogen) atoms. The number of carbonyl (C=O) groups is 1. The summed E-state index contributed by atoms with van der Waals surface area (Å²) in [4.78, 5) is 19.4. The van der Waals surface area contributed by atoms with Crippen LogP contribution < -0.4 is 0 Å². The van der Waals surface area contributed by atoms with Crippen molar-refractivity contribution in [2.24, 2.45) is 0 Å². The zero-order chi connectivity index (χ0) is 16.1. The zero-order valence-electron chi connectivity index (χ0n) is 13.4. The van der Waals surface area contributed by atoms with E-state index in [0.29, 0.717) is 5.75 Å². The highest BCUT2D eigenvalue weighted by Crippen LogP contribution is 2.22. The average Bonchev–Trinajstić information content (AvgIpc) is 3.07. The van der Waals surface area contributed by atoms with Crippen LogP contribution in [0.1, 0.15) is 10.4 Å². The van der Waals surface area contributed by atoms with Gasteiger partial charge in [-0.05, 0) is 30.0 Å². The molecule has 0 atom stereocenters. The van der Waals surface area contributed by atoms with E-state index in [1.54, 1.807) is 23.1 Å². The molecule has 1 aromatic heterocycles. The molecule has 3 nitrogen and oxygen atoms in total. The lowest BCUT2D eigenvalue weighted by molar-refractivity contribution is -0.130. The Morgan fingerprint density at radius 2 is 1.91 bits per heavy atom. The Balaban J connectivity index is 1.44. The molecule has 2 heterocycles. The van der Waals surface area contributed by atoms with Crippen molar-refractivity contribution >= 4 is 29.0 Å². The standard InChI is InChI=1S/C18H22N2OS2/c1-15-5-2-3-7-17(15)23-14-18(21)20-10-8-19(9-11-20)13-16-6-4-12-22-16/h2-7,12H,8-11,13-14H2,1H3. The van der Waals surface area contributed by atoms with Gasteiger partial charge < -0.3 is 4.90 Å². The van der Waals surface area contributed by atoms with Crippen LogP contribution in [0.4, 0.5) is 0 Å². The van der Waals surface area contributed by atoms with Gasteiger partial charge in [-0.2, -0.15) is 0 Å². The van der Waals surface area contributed by atoms with Crippen molar-refractivity contribution in [3.8, 4) is 0 Å². The second-order valence-corrected chi connectivity index (χ2v) is 7.84. The molecule has 0 spiro atoms. The maximum Gasteiger partial charge on any atom is 0.233 e. The molecule has 122 valence electrons. The number of rotatable bonds is 5. The van der Waals surface area contributed by atoms with E-state index < -0.39 is 0 Å². The van der Waals surface area contributed by atoms with Gasteiger partial charge in [0.15, 0.2) is 0 Å². The smallest absolute Gasteiger partial charge is 0.233 e. The molecule has 1 saturated heterocycles. The van der Waals surface area contributed by atoms with Crippen LogP contribution in [0.25, 0.3) is 0 Å². The van der Waals surface area contributed by atoms with Crippen molar-refractivity contribution in [2.75, 3.05) is 31.9 Å². The molecule has 0 aliphatic carbocycles. The Labute approximate surface area is 146 Å². The quantitative estimate of drug-likeness (QED) is 0.774. The largest absolute Gasteiger partial charge is 0.339 e. The topological polar surface area (TPSA) is 23.6 Å². The van der Waals surface area contributed by atoms with E-state index in [-0.39, 0.29) is 5.91 Å². The maximum atomic E-state index is 12.4. The third-order valence-corrected chi connectivity index (χ3v) is 6.15. The van der Waals surface area contributed by atoms with Gasteiger partial charge in [-0.3, -0.25) is 9.69 Å². The first-order valence-electron chi connectivity index (χ1n) is 7.93. The van der Waals surface area contributed by atoms with Crippen molar-refractivity contribution in [2.45, 2.75) is 18.4 Å². The number of amides is 1. The lowest BCUT2D eigenvalue weighted by Gasteiger charge is -2.34. The Morgan fingerprint density at radius 3 is 2.61 bits per heavy atom. The van der Waals surface area contributed by atoms with Crippen LogP contribution in [-0.2, 0) is 11.3 Å². The second kappa shape index (κ2) is 7.99. The summed E-state index contributed by atoms with van der Waals surface area (Å²) in [5.74, 6) is 0.796. The lowest BCUT2D eigenvalue weighted by Crippen LogP contribution is -2.48. The predicted molar refractivity (Wildman–Crippen MR) is 98.1 cm³/mol. The first-order valence-corrected chi connectivity index (χ1v) is 9.80. The van der Waals surface area contributed by atoms with Gasteiger partial charge in [0, 0.05) is 42.5 Å². The van der Waals surface area contributed by atoms with Crippen LogP contribution in [-0.4, -0.2) is 47.6 Å². The Hall–Kier alpha value is -1.30. The normalized spacial score (nSPS) is 15.8. The van der Waals surface area contributed by atoms with Crippen molar-refractivity contribution in [3.05, 3.63) is 52.2 Å². The highest BCUT2D eigenvalue weighted by molar-refractivity contribution is 8.00. The molecule has 0 bridgehead atoms. The summed E-state index contributed by atoms with van der Waals surface area (Å²) in [7, 11) is 0. The minimum Gasteiger partial charge on any atom is -0.339 e. The van der Waals surface area contributed by atoms with E-state index >= 15 is 0 Å². The summed E-state index contributed by atoms with van der Waals surface area (Å²) >= 11 is 3.46. The fourth-order valence-electron chi connectivity index (χ4n) is 2.73. The number of hydrogen-bond acceptors (Lipinski definition) is 4. The van der Waals surface area contributed by atoms with Crippen LogP contribution in [0.2, 0.25) is 0 Å². The second-order valence-electron chi connectivity index (χ2n) is 5.79. The minimum atomic E-state index is 0.258. The SMILES string of the molecule is Cc1ccccc1SCC(=O)N1CCN(Cc2cccs2)CC1. The molecule has 0 saturated carbocycles. The van der Waals surface area contributed by atoms with Crippen molar-refractivity contribution in [1.82, 2.24) is 9.80 Å². The van der Waals surface area contributed by atoms with Crippen molar-refractivity contribution in [3.63, 3.8) is 0 Å². The molecule has 0 unspecified atom stereocenters. The number of carbonyl (C=O) groups excluding carboxylic acids is 1. The fraction of sp³-hybridized carbons (Fsp3) is 0.389. The Kier molecular flexibility index (Phi) is 5.75. The molecule has 5 heteroatoms. The van der Waals surface area contributed by atoms with E-state index in [9.17, 15) is 4.79 Å². The number of piperazine rings is 1. The third kappa shape index (κ3) is 4.59. The molecule has 1 aliphatic heterocycles. The summed E-state index contributed by atoms with van der Waals surface area (Å²) in [6.07, 6.45) is 0. The number of thiophene rings is 1. The van der Waals surface area contributed by atoms with Crippen molar-refractivity contribution in [1.29, 1.82) is 0 Å². The number of hydrogen-bond donors (Lipinski definition) is 0. The van der Waals surface area contributed by atoms with E-state index in [1.807, 2.05) is 17.0 Å². The molecule has 0 N–H and O–H groups in total. The van der Waals surface area contributed by atoms with Gasteiger partial charge in [0.05, 0.1) is 5.75 Å². The van der Waals surface area contributed by atoms with Crippen LogP contribution in [0, 0.1) is 6.92 Å². The summed E-state index contributed by atoms with van der Waals surface area (Å²) in [6, 6.07) is 12.5. The van der Waals surface area contributed by atoms with E-state index in [1.165, 1.54) is 15.3 Å². The number of aryl methyl sites for hydroxylation is 1. The number of nitrogens with zero attached hydrogens (tertiary/aromatic N) is 2. The molecule has 1 amide bonds. The zero-order valence-corrected chi connectivity index (χ0v) is 15.0. The first-order chi connectivity index (χ1) is 11.2. The Morgan fingerprint density at radius 1 is 1.13 bits per heavy atom. The number of benzene rings is 1. The van der Waals surface area contributed by atoms with Crippen molar-refractivity contribution < 1.29 is 4.79 Å². The molecular weight excluding hydrogens is 324 g/mol. The van der Waals surface area contributed by atoms with Gasteiger partial charge in [-0.15, -0.1) is 23.1 Å².